The summed E-state index contributed by atoms with van der Waals surface area (Å²) in [5, 5.41) is 10.6. The number of rotatable bonds is 3. The SMILES string of the molecule is Cl.Cn1c(-c2cccc(F)c2)nc2c(N)nc(/C=C/C3(O)CCCCC3)nc21. The number of hydrogen-bond acceptors (Lipinski definition) is 5. The Bertz CT molecular complexity index is 1030. The van der Waals surface area contributed by atoms with Crippen LogP contribution in [0, 0.1) is 5.82 Å². The Morgan fingerprint density at radius 3 is 2.64 bits per heavy atom. The zero-order valence-corrected chi connectivity index (χ0v) is 16.4. The lowest BCUT2D eigenvalue weighted by atomic mass is 9.84. The molecule has 8 heteroatoms. The van der Waals surface area contributed by atoms with Gasteiger partial charge in [0.05, 0.1) is 5.60 Å². The van der Waals surface area contributed by atoms with Gasteiger partial charge in [-0.25, -0.2) is 19.3 Å². The van der Waals surface area contributed by atoms with E-state index >= 15 is 0 Å². The quantitative estimate of drug-likeness (QED) is 0.692. The summed E-state index contributed by atoms with van der Waals surface area (Å²) in [6, 6.07) is 6.23. The highest BCUT2D eigenvalue weighted by atomic mass is 35.5. The van der Waals surface area contributed by atoms with E-state index < -0.39 is 5.60 Å². The smallest absolute Gasteiger partial charge is 0.166 e. The molecule has 3 aromatic rings. The topological polar surface area (TPSA) is 89.9 Å². The van der Waals surface area contributed by atoms with Gasteiger partial charge in [0.25, 0.3) is 0 Å². The molecule has 6 nitrogen and oxygen atoms in total. The second kappa shape index (κ2) is 7.85. The molecule has 1 aromatic carbocycles. The molecular formula is C20H23ClFN5O. The van der Waals surface area contributed by atoms with Crippen molar-refractivity contribution in [1.29, 1.82) is 0 Å². The molecular weight excluding hydrogens is 381 g/mol. The van der Waals surface area contributed by atoms with Crippen LogP contribution in [0.4, 0.5) is 10.2 Å². The van der Waals surface area contributed by atoms with Crippen molar-refractivity contribution in [3.63, 3.8) is 0 Å². The number of aryl methyl sites for hydroxylation is 1. The van der Waals surface area contributed by atoms with Crippen LogP contribution < -0.4 is 5.73 Å². The largest absolute Gasteiger partial charge is 0.386 e. The molecule has 4 rings (SSSR count). The van der Waals surface area contributed by atoms with Crippen LogP contribution in [0.1, 0.15) is 37.9 Å². The standard InChI is InChI=1S/C20H22FN5O.ClH/c1-26-18(13-6-5-7-14(21)12-13)25-16-17(22)23-15(24-19(16)26)8-11-20(27)9-3-2-4-10-20;/h5-8,11-12,27H,2-4,9-10H2,1H3,(H2,22,23,24);1H/b11-8+;. The van der Waals surface area contributed by atoms with Gasteiger partial charge >= 0.3 is 0 Å². The highest BCUT2D eigenvalue weighted by Gasteiger charge is 2.26. The molecule has 0 spiro atoms. The Morgan fingerprint density at radius 1 is 1.18 bits per heavy atom. The molecule has 0 unspecified atom stereocenters. The third-order valence-corrected chi connectivity index (χ3v) is 5.11. The van der Waals surface area contributed by atoms with Crippen molar-refractivity contribution in [2.24, 2.45) is 7.05 Å². The molecule has 148 valence electrons. The van der Waals surface area contributed by atoms with Crippen molar-refractivity contribution in [3.8, 4) is 11.4 Å². The summed E-state index contributed by atoms with van der Waals surface area (Å²) < 4.78 is 15.3. The lowest BCUT2D eigenvalue weighted by molar-refractivity contribution is 0.0521. The molecule has 1 saturated carbocycles. The van der Waals surface area contributed by atoms with Gasteiger partial charge in [-0.05, 0) is 37.1 Å². The zero-order chi connectivity index (χ0) is 19.0. The number of imidazole rings is 1. The van der Waals surface area contributed by atoms with Gasteiger partial charge in [0.1, 0.15) is 11.6 Å². The van der Waals surface area contributed by atoms with Crippen LogP contribution in [-0.2, 0) is 7.05 Å². The predicted molar refractivity (Wildman–Crippen MR) is 110 cm³/mol. The average molecular weight is 404 g/mol. The summed E-state index contributed by atoms with van der Waals surface area (Å²) in [6.07, 6.45) is 8.17. The molecule has 3 N–H and O–H groups in total. The first-order chi connectivity index (χ1) is 13.0. The number of hydrogen-bond donors (Lipinski definition) is 2. The summed E-state index contributed by atoms with van der Waals surface area (Å²) in [6.45, 7) is 0. The van der Waals surface area contributed by atoms with Crippen LogP contribution in [0.15, 0.2) is 30.3 Å². The summed E-state index contributed by atoms with van der Waals surface area (Å²) in [5.41, 5.74) is 6.98. The minimum atomic E-state index is -0.801. The van der Waals surface area contributed by atoms with Gasteiger partial charge in [-0.15, -0.1) is 12.4 Å². The van der Waals surface area contributed by atoms with Crippen molar-refractivity contribution in [3.05, 3.63) is 42.0 Å². The van der Waals surface area contributed by atoms with Crippen LogP contribution >= 0.6 is 12.4 Å². The molecule has 1 aliphatic rings. The third kappa shape index (κ3) is 3.86. The van der Waals surface area contributed by atoms with E-state index in [1.165, 1.54) is 12.1 Å². The molecule has 0 atom stereocenters. The van der Waals surface area contributed by atoms with E-state index in [0.717, 1.165) is 32.1 Å². The van der Waals surface area contributed by atoms with Crippen LogP contribution in [0.25, 0.3) is 28.6 Å². The summed E-state index contributed by atoms with van der Waals surface area (Å²) in [5.74, 6) is 0.918. The van der Waals surface area contributed by atoms with E-state index in [-0.39, 0.29) is 24.0 Å². The lowest BCUT2D eigenvalue weighted by Gasteiger charge is -2.28. The molecule has 2 heterocycles. The number of halogens is 2. The van der Waals surface area contributed by atoms with Gasteiger partial charge in [-0.3, -0.25) is 0 Å². The minimum absolute atomic E-state index is 0. The molecule has 0 radical (unpaired) electrons. The molecule has 1 aliphatic carbocycles. The number of aromatic nitrogens is 4. The van der Waals surface area contributed by atoms with Gasteiger partial charge in [-0.2, -0.15) is 0 Å². The number of nitrogens with two attached hydrogens (primary N) is 1. The van der Waals surface area contributed by atoms with Crippen LogP contribution in [-0.4, -0.2) is 30.2 Å². The first-order valence-electron chi connectivity index (χ1n) is 9.13. The Kier molecular flexibility index (Phi) is 5.67. The Labute approximate surface area is 168 Å². The fourth-order valence-corrected chi connectivity index (χ4v) is 3.62. The van der Waals surface area contributed by atoms with E-state index in [9.17, 15) is 9.50 Å². The molecule has 28 heavy (non-hydrogen) atoms. The van der Waals surface area contributed by atoms with Gasteiger partial charge < -0.3 is 15.4 Å². The third-order valence-electron chi connectivity index (χ3n) is 5.11. The maximum atomic E-state index is 13.6. The summed E-state index contributed by atoms with van der Waals surface area (Å²) in [7, 11) is 1.81. The van der Waals surface area contributed by atoms with Gasteiger partial charge in [0, 0.05) is 12.6 Å². The van der Waals surface area contributed by atoms with Crippen molar-refractivity contribution < 1.29 is 9.50 Å². The predicted octanol–water partition coefficient (Wildman–Crippen LogP) is 3.88. The van der Waals surface area contributed by atoms with E-state index in [2.05, 4.69) is 15.0 Å². The zero-order valence-electron chi connectivity index (χ0n) is 15.6. The van der Waals surface area contributed by atoms with Crippen molar-refractivity contribution in [2.75, 3.05) is 5.73 Å². The Hall–Kier alpha value is -2.51. The highest BCUT2D eigenvalue weighted by Crippen LogP contribution is 2.30. The molecule has 0 saturated heterocycles. The lowest BCUT2D eigenvalue weighted by Crippen LogP contribution is -2.28. The summed E-state index contributed by atoms with van der Waals surface area (Å²) >= 11 is 0. The Balaban J connectivity index is 0.00000225. The van der Waals surface area contributed by atoms with E-state index in [4.69, 9.17) is 5.73 Å². The Morgan fingerprint density at radius 2 is 1.93 bits per heavy atom. The minimum Gasteiger partial charge on any atom is -0.386 e. The molecule has 1 fully saturated rings. The maximum Gasteiger partial charge on any atom is 0.166 e. The number of nitrogens with zero attached hydrogens (tertiary/aromatic N) is 4. The molecule has 2 aromatic heterocycles. The molecule has 0 aliphatic heterocycles. The monoisotopic (exact) mass is 403 g/mol. The second-order valence-corrected chi connectivity index (χ2v) is 7.14. The average Bonchev–Trinajstić information content (AvgIpc) is 2.98. The highest BCUT2D eigenvalue weighted by molar-refractivity contribution is 5.86. The fraction of sp³-hybridized carbons (Fsp3) is 0.350. The number of fused-ring (bicyclic) bond motifs is 1. The van der Waals surface area contributed by atoms with Crippen molar-refractivity contribution >= 4 is 35.5 Å². The first kappa shape index (κ1) is 20.2. The van der Waals surface area contributed by atoms with E-state index in [1.807, 2.05) is 7.05 Å². The first-order valence-corrected chi connectivity index (χ1v) is 9.13. The fourth-order valence-electron chi connectivity index (χ4n) is 3.62. The van der Waals surface area contributed by atoms with Gasteiger partial charge in [0.15, 0.2) is 22.8 Å². The number of anilines is 1. The van der Waals surface area contributed by atoms with Crippen LogP contribution in [0.5, 0.6) is 0 Å². The van der Waals surface area contributed by atoms with Gasteiger partial charge in [0.2, 0.25) is 0 Å². The van der Waals surface area contributed by atoms with Crippen molar-refractivity contribution in [1.82, 2.24) is 19.5 Å². The second-order valence-electron chi connectivity index (χ2n) is 7.14. The van der Waals surface area contributed by atoms with E-state index in [1.54, 1.807) is 28.9 Å². The van der Waals surface area contributed by atoms with Crippen LogP contribution in [0.3, 0.4) is 0 Å². The maximum absolute atomic E-state index is 13.6. The van der Waals surface area contributed by atoms with E-state index in [0.29, 0.717) is 28.4 Å². The number of nitrogen functional groups attached to an aromatic ring is 1. The molecule has 0 amide bonds. The summed E-state index contributed by atoms with van der Waals surface area (Å²) in [4.78, 5) is 13.3. The molecule has 0 bridgehead atoms. The number of benzene rings is 1. The van der Waals surface area contributed by atoms with Crippen molar-refractivity contribution in [2.45, 2.75) is 37.7 Å². The normalized spacial score (nSPS) is 16.4. The van der Waals surface area contributed by atoms with Crippen LogP contribution in [0.2, 0.25) is 0 Å². The number of aliphatic hydroxyl groups is 1. The van der Waals surface area contributed by atoms with Gasteiger partial charge in [-0.1, -0.05) is 31.4 Å².